The van der Waals surface area contributed by atoms with Gasteiger partial charge in [-0.2, -0.15) is 4.98 Å². The molecule has 1 aromatic carbocycles. The summed E-state index contributed by atoms with van der Waals surface area (Å²) in [5, 5.41) is 6.72. The monoisotopic (exact) mass is 337 g/mol. The molecule has 0 aliphatic rings. The second-order valence-electron chi connectivity index (χ2n) is 5.76. The van der Waals surface area contributed by atoms with Crippen molar-refractivity contribution in [2.24, 2.45) is 0 Å². The Morgan fingerprint density at radius 1 is 1.20 bits per heavy atom. The van der Waals surface area contributed by atoms with Crippen molar-refractivity contribution in [3.8, 4) is 11.5 Å². The molecule has 0 aliphatic heterocycles. The molecule has 0 saturated carbocycles. The predicted octanol–water partition coefficient (Wildman–Crippen LogP) is 2.44. The number of amides is 1. The van der Waals surface area contributed by atoms with Gasteiger partial charge in [-0.05, 0) is 25.1 Å². The topological polar surface area (TPSA) is 84.2 Å². The Kier molecular flexibility index (Phi) is 4.74. The summed E-state index contributed by atoms with van der Waals surface area (Å²) in [6, 6.07) is 10.9. The Hall–Kier alpha value is -3.22. The van der Waals surface area contributed by atoms with Crippen LogP contribution in [0.5, 0.6) is 0 Å². The van der Waals surface area contributed by atoms with E-state index in [2.05, 4.69) is 20.4 Å². The number of rotatable bonds is 5. The van der Waals surface area contributed by atoms with Crippen molar-refractivity contribution >= 4 is 11.7 Å². The number of hydrogen-bond donors (Lipinski definition) is 1. The third-order valence-corrected chi connectivity index (χ3v) is 3.66. The number of carbonyl (C=O) groups excluding carboxylic acids is 1. The Morgan fingerprint density at radius 3 is 2.72 bits per heavy atom. The first-order chi connectivity index (χ1) is 12.1. The number of hydrogen-bond acceptors (Lipinski definition) is 6. The van der Waals surface area contributed by atoms with Crippen molar-refractivity contribution < 1.29 is 9.32 Å². The first-order valence-corrected chi connectivity index (χ1v) is 7.85. The molecule has 0 atom stereocenters. The quantitative estimate of drug-likeness (QED) is 0.770. The zero-order valence-corrected chi connectivity index (χ0v) is 14.4. The standard InChI is InChI=1S/C18H19N5O2/c1-12-21-18(25-22-12)15-9-5-4-8-14(15)17(24)20-11-13-7-6-10-19-16(13)23(2)3/h4-10H,11H2,1-3H3,(H,20,24). The van der Waals surface area contributed by atoms with Crippen LogP contribution in [0.15, 0.2) is 47.1 Å². The number of aryl methyl sites for hydroxylation is 1. The summed E-state index contributed by atoms with van der Waals surface area (Å²) in [4.78, 5) is 23.1. The van der Waals surface area contributed by atoms with E-state index in [1.54, 1.807) is 31.3 Å². The highest BCUT2D eigenvalue weighted by atomic mass is 16.5. The molecule has 0 bridgehead atoms. The molecule has 0 fully saturated rings. The van der Waals surface area contributed by atoms with E-state index in [0.29, 0.717) is 29.4 Å². The van der Waals surface area contributed by atoms with E-state index in [9.17, 15) is 4.79 Å². The summed E-state index contributed by atoms with van der Waals surface area (Å²) < 4.78 is 5.20. The minimum Gasteiger partial charge on any atom is -0.362 e. The summed E-state index contributed by atoms with van der Waals surface area (Å²) in [6.45, 7) is 2.11. The highest BCUT2D eigenvalue weighted by Gasteiger charge is 2.17. The summed E-state index contributed by atoms with van der Waals surface area (Å²) >= 11 is 0. The lowest BCUT2D eigenvalue weighted by molar-refractivity contribution is 0.0951. The fraction of sp³-hybridized carbons (Fsp3) is 0.222. The zero-order chi connectivity index (χ0) is 17.8. The molecule has 0 spiro atoms. The van der Waals surface area contributed by atoms with Crippen LogP contribution >= 0.6 is 0 Å². The van der Waals surface area contributed by atoms with E-state index < -0.39 is 0 Å². The molecular weight excluding hydrogens is 318 g/mol. The summed E-state index contributed by atoms with van der Waals surface area (Å²) in [6.07, 6.45) is 1.73. The van der Waals surface area contributed by atoms with Gasteiger partial charge in [-0.25, -0.2) is 4.98 Å². The van der Waals surface area contributed by atoms with E-state index in [4.69, 9.17) is 4.52 Å². The number of anilines is 1. The third kappa shape index (κ3) is 3.65. The van der Waals surface area contributed by atoms with Gasteiger partial charge in [0.15, 0.2) is 5.82 Å². The Bertz CT molecular complexity index is 888. The molecular formula is C18H19N5O2. The molecule has 0 radical (unpaired) electrons. The van der Waals surface area contributed by atoms with Crippen molar-refractivity contribution in [1.29, 1.82) is 0 Å². The fourth-order valence-corrected chi connectivity index (χ4v) is 2.52. The SMILES string of the molecule is Cc1noc(-c2ccccc2C(=O)NCc2cccnc2N(C)C)n1. The molecule has 25 heavy (non-hydrogen) atoms. The van der Waals surface area contributed by atoms with E-state index in [1.165, 1.54) is 0 Å². The van der Waals surface area contributed by atoms with Gasteiger partial charge in [-0.3, -0.25) is 4.79 Å². The number of carbonyl (C=O) groups is 1. The van der Waals surface area contributed by atoms with Crippen LogP contribution in [-0.2, 0) is 6.54 Å². The zero-order valence-electron chi connectivity index (χ0n) is 14.4. The van der Waals surface area contributed by atoms with Gasteiger partial charge in [0.25, 0.3) is 11.8 Å². The van der Waals surface area contributed by atoms with Crippen LogP contribution < -0.4 is 10.2 Å². The van der Waals surface area contributed by atoms with Crippen LogP contribution in [0.4, 0.5) is 5.82 Å². The molecule has 128 valence electrons. The van der Waals surface area contributed by atoms with Crippen LogP contribution in [0.25, 0.3) is 11.5 Å². The predicted molar refractivity (Wildman–Crippen MR) is 94.2 cm³/mol. The molecule has 1 amide bonds. The number of nitrogens with one attached hydrogen (secondary N) is 1. The van der Waals surface area contributed by atoms with Gasteiger partial charge in [0, 0.05) is 32.4 Å². The number of pyridine rings is 1. The molecule has 3 aromatic rings. The van der Waals surface area contributed by atoms with E-state index in [0.717, 1.165) is 11.4 Å². The Balaban J connectivity index is 1.81. The van der Waals surface area contributed by atoms with E-state index >= 15 is 0 Å². The number of aromatic nitrogens is 3. The smallest absolute Gasteiger partial charge is 0.258 e. The van der Waals surface area contributed by atoms with Crippen LogP contribution in [0.2, 0.25) is 0 Å². The molecule has 2 aromatic heterocycles. The first kappa shape index (κ1) is 16.6. The maximum absolute atomic E-state index is 12.7. The normalized spacial score (nSPS) is 10.5. The average Bonchev–Trinajstić information content (AvgIpc) is 3.06. The van der Waals surface area contributed by atoms with Crippen molar-refractivity contribution in [1.82, 2.24) is 20.4 Å². The average molecular weight is 337 g/mol. The maximum Gasteiger partial charge on any atom is 0.258 e. The molecule has 0 unspecified atom stereocenters. The van der Waals surface area contributed by atoms with Gasteiger partial charge >= 0.3 is 0 Å². The molecule has 1 N–H and O–H groups in total. The van der Waals surface area contributed by atoms with Crippen LogP contribution in [0.3, 0.4) is 0 Å². The summed E-state index contributed by atoms with van der Waals surface area (Å²) in [5.41, 5.74) is 2.04. The van der Waals surface area contributed by atoms with Gasteiger partial charge in [0.2, 0.25) is 0 Å². The largest absolute Gasteiger partial charge is 0.362 e. The van der Waals surface area contributed by atoms with Gasteiger partial charge < -0.3 is 14.7 Å². The lowest BCUT2D eigenvalue weighted by Gasteiger charge is -2.16. The van der Waals surface area contributed by atoms with Crippen molar-refractivity contribution in [2.45, 2.75) is 13.5 Å². The molecule has 7 nitrogen and oxygen atoms in total. The third-order valence-electron chi connectivity index (χ3n) is 3.66. The molecule has 0 saturated heterocycles. The molecule has 0 aliphatic carbocycles. The first-order valence-electron chi connectivity index (χ1n) is 7.85. The lowest BCUT2D eigenvalue weighted by atomic mass is 10.1. The van der Waals surface area contributed by atoms with Crippen LogP contribution in [0, 0.1) is 6.92 Å². The number of benzene rings is 1. The van der Waals surface area contributed by atoms with Gasteiger partial charge in [-0.15, -0.1) is 0 Å². The van der Waals surface area contributed by atoms with E-state index in [-0.39, 0.29) is 5.91 Å². The summed E-state index contributed by atoms with van der Waals surface area (Å²) in [5.74, 6) is 1.47. The minimum absolute atomic E-state index is 0.208. The Morgan fingerprint density at radius 2 is 2.00 bits per heavy atom. The maximum atomic E-state index is 12.7. The van der Waals surface area contributed by atoms with Gasteiger partial charge in [-0.1, -0.05) is 23.4 Å². The molecule has 7 heteroatoms. The second kappa shape index (κ2) is 7.12. The molecule has 2 heterocycles. The highest BCUT2D eigenvalue weighted by molar-refractivity contribution is 5.99. The Labute approximate surface area is 145 Å². The minimum atomic E-state index is -0.208. The van der Waals surface area contributed by atoms with E-state index in [1.807, 2.05) is 37.2 Å². The number of nitrogens with zero attached hydrogens (tertiary/aromatic N) is 4. The molecule has 3 rings (SSSR count). The van der Waals surface area contributed by atoms with Crippen molar-refractivity contribution in [2.75, 3.05) is 19.0 Å². The highest BCUT2D eigenvalue weighted by Crippen LogP contribution is 2.22. The fourth-order valence-electron chi connectivity index (χ4n) is 2.52. The van der Waals surface area contributed by atoms with Crippen molar-refractivity contribution in [3.63, 3.8) is 0 Å². The summed E-state index contributed by atoms with van der Waals surface area (Å²) in [7, 11) is 3.84. The van der Waals surface area contributed by atoms with Crippen LogP contribution in [0.1, 0.15) is 21.7 Å². The lowest BCUT2D eigenvalue weighted by Crippen LogP contribution is -2.25. The van der Waals surface area contributed by atoms with Crippen molar-refractivity contribution in [3.05, 3.63) is 59.5 Å². The van der Waals surface area contributed by atoms with Gasteiger partial charge in [0.1, 0.15) is 5.82 Å². The second-order valence-corrected chi connectivity index (χ2v) is 5.76. The van der Waals surface area contributed by atoms with Gasteiger partial charge in [0.05, 0.1) is 11.1 Å². The van der Waals surface area contributed by atoms with Crippen LogP contribution in [-0.4, -0.2) is 35.1 Å².